The van der Waals surface area contributed by atoms with Crippen molar-refractivity contribution in [3.05, 3.63) is 33.2 Å². The molecular formula is C9H13BrN2O2. The van der Waals surface area contributed by atoms with Crippen LogP contribution in [-0.4, -0.2) is 24.3 Å². The molecule has 0 amide bonds. The normalized spacial score (nSPS) is 10.4. The maximum absolute atomic E-state index is 11.5. The van der Waals surface area contributed by atoms with Crippen LogP contribution in [0.25, 0.3) is 0 Å². The second kappa shape index (κ2) is 5.95. The SMILES string of the molecule is NCCOCCn1cccc(Br)c1=O. The van der Waals surface area contributed by atoms with E-state index < -0.39 is 0 Å². The fourth-order valence-electron chi connectivity index (χ4n) is 1.03. The number of halogens is 1. The summed E-state index contributed by atoms with van der Waals surface area (Å²) in [5, 5.41) is 0. The van der Waals surface area contributed by atoms with Gasteiger partial charge in [-0.05, 0) is 28.1 Å². The van der Waals surface area contributed by atoms with Crippen LogP contribution < -0.4 is 11.3 Å². The van der Waals surface area contributed by atoms with Crippen LogP contribution >= 0.6 is 15.9 Å². The van der Waals surface area contributed by atoms with E-state index in [4.69, 9.17) is 10.5 Å². The molecule has 0 aliphatic heterocycles. The molecule has 2 N–H and O–H groups in total. The number of hydrogen-bond acceptors (Lipinski definition) is 3. The van der Waals surface area contributed by atoms with Crippen molar-refractivity contribution in [1.82, 2.24) is 4.57 Å². The first-order chi connectivity index (χ1) is 6.75. The number of nitrogens with zero attached hydrogens (tertiary/aromatic N) is 1. The molecule has 14 heavy (non-hydrogen) atoms. The molecule has 0 unspecified atom stereocenters. The van der Waals surface area contributed by atoms with Gasteiger partial charge in [-0.25, -0.2) is 0 Å². The first kappa shape index (κ1) is 11.4. The third kappa shape index (κ3) is 3.25. The van der Waals surface area contributed by atoms with Crippen molar-refractivity contribution in [2.75, 3.05) is 19.8 Å². The summed E-state index contributed by atoms with van der Waals surface area (Å²) in [4.78, 5) is 11.5. The molecule has 1 rings (SSSR count). The van der Waals surface area contributed by atoms with Gasteiger partial charge in [-0.15, -0.1) is 0 Å². The molecule has 0 aromatic carbocycles. The lowest BCUT2D eigenvalue weighted by molar-refractivity contribution is 0.132. The molecule has 0 fully saturated rings. The summed E-state index contributed by atoms with van der Waals surface area (Å²) in [6.45, 7) is 2.10. The van der Waals surface area contributed by atoms with Gasteiger partial charge in [0.2, 0.25) is 0 Å². The van der Waals surface area contributed by atoms with Gasteiger partial charge in [0.05, 0.1) is 17.7 Å². The summed E-state index contributed by atoms with van der Waals surface area (Å²) in [7, 11) is 0. The average Bonchev–Trinajstić information content (AvgIpc) is 2.19. The molecule has 1 aromatic rings. The molecule has 0 saturated carbocycles. The molecule has 4 nitrogen and oxygen atoms in total. The Bertz CT molecular complexity index is 338. The van der Waals surface area contributed by atoms with Gasteiger partial charge in [-0.1, -0.05) is 0 Å². The van der Waals surface area contributed by atoms with Crippen LogP contribution in [0.1, 0.15) is 0 Å². The Kier molecular flexibility index (Phi) is 4.86. The molecule has 0 saturated heterocycles. The average molecular weight is 261 g/mol. The molecule has 1 aromatic heterocycles. The Labute approximate surface area is 90.8 Å². The van der Waals surface area contributed by atoms with Gasteiger partial charge in [0.1, 0.15) is 0 Å². The minimum Gasteiger partial charge on any atom is -0.378 e. The quantitative estimate of drug-likeness (QED) is 0.789. The van der Waals surface area contributed by atoms with E-state index in [2.05, 4.69) is 15.9 Å². The number of pyridine rings is 1. The van der Waals surface area contributed by atoms with E-state index in [0.717, 1.165) is 0 Å². The van der Waals surface area contributed by atoms with E-state index in [9.17, 15) is 4.79 Å². The van der Waals surface area contributed by atoms with Crippen LogP contribution in [0.2, 0.25) is 0 Å². The van der Waals surface area contributed by atoms with Crippen molar-refractivity contribution < 1.29 is 4.74 Å². The van der Waals surface area contributed by atoms with E-state index in [1.54, 1.807) is 16.8 Å². The van der Waals surface area contributed by atoms with E-state index in [-0.39, 0.29) is 5.56 Å². The summed E-state index contributed by atoms with van der Waals surface area (Å²) >= 11 is 3.17. The Morgan fingerprint density at radius 2 is 2.29 bits per heavy atom. The molecule has 0 aliphatic carbocycles. The zero-order valence-corrected chi connectivity index (χ0v) is 9.37. The summed E-state index contributed by atoms with van der Waals surface area (Å²) in [6, 6.07) is 3.54. The van der Waals surface area contributed by atoms with Crippen LogP contribution in [0, 0.1) is 0 Å². The Hall–Kier alpha value is -0.650. The van der Waals surface area contributed by atoms with Gasteiger partial charge in [-0.2, -0.15) is 0 Å². The fraction of sp³-hybridized carbons (Fsp3) is 0.444. The zero-order chi connectivity index (χ0) is 10.4. The van der Waals surface area contributed by atoms with Crippen LogP contribution in [0.15, 0.2) is 27.6 Å². The van der Waals surface area contributed by atoms with Gasteiger partial charge in [0.15, 0.2) is 0 Å². The van der Waals surface area contributed by atoms with E-state index in [0.29, 0.717) is 30.8 Å². The van der Waals surface area contributed by atoms with E-state index in [1.165, 1.54) is 0 Å². The van der Waals surface area contributed by atoms with Crippen LogP contribution in [0.4, 0.5) is 0 Å². The number of aromatic nitrogens is 1. The van der Waals surface area contributed by atoms with Crippen molar-refractivity contribution in [3.8, 4) is 0 Å². The Morgan fingerprint density at radius 1 is 1.50 bits per heavy atom. The molecular weight excluding hydrogens is 248 g/mol. The number of rotatable bonds is 5. The lowest BCUT2D eigenvalue weighted by Gasteiger charge is -2.05. The maximum Gasteiger partial charge on any atom is 0.264 e. The molecule has 5 heteroatoms. The predicted octanol–water partition coefficient (Wildman–Crippen LogP) is 0.586. The van der Waals surface area contributed by atoms with Crippen molar-refractivity contribution in [2.45, 2.75) is 6.54 Å². The van der Waals surface area contributed by atoms with Crippen molar-refractivity contribution in [2.24, 2.45) is 5.73 Å². The Balaban J connectivity index is 2.51. The predicted molar refractivity (Wildman–Crippen MR) is 58.3 cm³/mol. The smallest absolute Gasteiger partial charge is 0.264 e. The van der Waals surface area contributed by atoms with Crippen LogP contribution in [0.3, 0.4) is 0 Å². The molecule has 0 spiro atoms. The minimum absolute atomic E-state index is 0.0381. The first-order valence-corrected chi connectivity index (χ1v) is 5.18. The Morgan fingerprint density at radius 3 is 3.00 bits per heavy atom. The highest BCUT2D eigenvalue weighted by Crippen LogP contribution is 2.00. The minimum atomic E-state index is -0.0381. The lowest BCUT2D eigenvalue weighted by atomic mass is 10.4. The zero-order valence-electron chi connectivity index (χ0n) is 7.78. The second-order valence-electron chi connectivity index (χ2n) is 2.76. The van der Waals surface area contributed by atoms with Gasteiger partial charge < -0.3 is 15.0 Å². The molecule has 0 bridgehead atoms. The highest BCUT2D eigenvalue weighted by molar-refractivity contribution is 9.10. The first-order valence-electron chi connectivity index (χ1n) is 4.38. The van der Waals surface area contributed by atoms with Gasteiger partial charge in [0.25, 0.3) is 5.56 Å². The van der Waals surface area contributed by atoms with Crippen molar-refractivity contribution >= 4 is 15.9 Å². The van der Waals surface area contributed by atoms with Crippen LogP contribution in [0.5, 0.6) is 0 Å². The fourth-order valence-corrected chi connectivity index (χ4v) is 1.41. The van der Waals surface area contributed by atoms with Crippen LogP contribution in [-0.2, 0) is 11.3 Å². The highest BCUT2D eigenvalue weighted by atomic mass is 79.9. The summed E-state index contributed by atoms with van der Waals surface area (Å²) in [5.74, 6) is 0. The number of nitrogens with two attached hydrogens (primary N) is 1. The summed E-state index contributed by atoms with van der Waals surface area (Å²) < 4.78 is 7.35. The maximum atomic E-state index is 11.5. The number of ether oxygens (including phenoxy) is 1. The van der Waals surface area contributed by atoms with E-state index in [1.807, 2.05) is 6.07 Å². The molecule has 0 radical (unpaired) electrons. The number of hydrogen-bond donors (Lipinski definition) is 1. The van der Waals surface area contributed by atoms with Gasteiger partial charge in [0, 0.05) is 19.3 Å². The van der Waals surface area contributed by atoms with Crippen molar-refractivity contribution in [3.63, 3.8) is 0 Å². The van der Waals surface area contributed by atoms with E-state index >= 15 is 0 Å². The molecule has 0 aliphatic rings. The summed E-state index contributed by atoms with van der Waals surface area (Å²) in [5.41, 5.74) is 5.22. The third-order valence-electron chi connectivity index (χ3n) is 1.71. The monoisotopic (exact) mass is 260 g/mol. The van der Waals surface area contributed by atoms with Gasteiger partial charge in [-0.3, -0.25) is 4.79 Å². The highest BCUT2D eigenvalue weighted by Gasteiger charge is 1.98. The standard InChI is InChI=1S/C9H13BrN2O2/c10-8-2-1-4-12(9(8)13)5-7-14-6-3-11/h1-2,4H,3,5-7,11H2. The van der Waals surface area contributed by atoms with Crippen molar-refractivity contribution in [1.29, 1.82) is 0 Å². The largest absolute Gasteiger partial charge is 0.378 e. The molecule has 0 atom stereocenters. The molecule has 1 heterocycles. The van der Waals surface area contributed by atoms with Gasteiger partial charge >= 0.3 is 0 Å². The second-order valence-corrected chi connectivity index (χ2v) is 3.61. The molecule has 78 valence electrons. The lowest BCUT2D eigenvalue weighted by Crippen LogP contribution is -2.22. The topological polar surface area (TPSA) is 57.2 Å². The third-order valence-corrected chi connectivity index (χ3v) is 2.32. The summed E-state index contributed by atoms with van der Waals surface area (Å²) in [6.07, 6.45) is 1.74.